The minimum absolute atomic E-state index is 0.101. The van der Waals surface area contributed by atoms with E-state index in [0.29, 0.717) is 12.8 Å². The lowest BCUT2D eigenvalue weighted by Gasteiger charge is -2.28. The van der Waals surface area contributed by atoms with Crippen molar-refractivity contribution < 1.29 is 28.0 Å². The van der Waals surface area contributed by atoms with Crippen LogP contribution < -0.4 is 0 Å². The van der Waals surface area contributed by atoms with Gasteiger partial charge in [-0.25, -0.2) is 0 Å². The largest absolute Gasteiger partial charge is 0.398 e. The summed E-state index contributed by atoms with van der Waals surface area (Å²) in [4.78, 5) is 49.7. The number of amides is 4. The van der Waals surface area contributed by atoms with Gasteiger partial charge in [0.1, 0.15) is 0 Å². The molecular formula is C18H30N2O6Si. The Kier molecular flexibility index (Phi) is 7.30. The first-order valence-corrected chi connectivity index (χ1v) is 11.7. The minimum Gasteiger partial charge on any atom is -0.398 e. The van der Waals surface area contributed by atoms with Gasteiger partial charge >= 0.3 is 8.56 Å². The topological polar surface area (TPSA) is 93.2 Å². The third kappa shape index (κ3) is 4.83. The summed E-state index contributed by atoms with van der Waals surface area (Å²) in [5.74, 6) is -0.909. The van der Waals surface area contributed by atoms with E-state index in [-0.39, 0.29) is 48.3 Å². The quantitative estimate of drug-likeness (QED) is 0.407. The molecule has 4 amide bonds. The Morgan fingerprint density at radius 1 is 0.815 bits per heavy atom. The number of rotatable bonds is 10. The van der Waals surface area contributed by atoms with Gasteiger partial charge in [-0.1, -0.05) is 12.8 Å². The average molecular weight is 399 g/mol. The second-order valence-corrected chi connectivity index (χ2v) is 11.1. The summed E-state index contributed by atoms with van der Waals surface area (Å²) in [5.41, 5.74) is 0. The third-order valence-electron chi connectivity index (χ3n) is 5.91. The number of nitrogens with zero attached hydrogens (tertiary/aromatic N) is 2. The van der Waals surface area contributed by atoms with E-state index in [2.05, 4.69) is 0 Å². The molecule has 2 heterocycles. The molecule has 0 aromatic rings. The van der Waals surface area contributed by atoms with Gasteiger partial charge in [0, 0.05) is 53.0 Å². The Morgan fingerprint density at radius 2 is 1.19 bits per heavy atom. The second kappa shape index (κ2) is 9.07. The van der Waals surface area contributed by atoms with Gasteiger partial charge in [0.2, 0.25) is 23.6 Å². The lowest BCUT2D eigenvalue weighted by Crippen LogP contribution is -2.40. The smallest absolute Gasteiger partial charge is 0.337 e. The predicted molar refractivity (Wildman–Crippen MR) is 99.6 cm³/mol. The van der Waals surface area contributed by atoms with Crippen molar-refractivity contribution >= 4 is 32.2 Å². The molecule has 2 fully saturated rings. The third-order valence-corrected chi connectivity index (χ3v) is 9.63. The molecule has 9 heteroatoms. The van der Waals surface area contributed by atoms with E-state index in [1.807, 2.05) is 0 Å². The highest BCUT2D eigenvalue weighted by Gasteiger charge is 2.40. The van der Waals surface area contributed by atoms with Crippen molar-refractivity contribution in [2.45, 2.75) is 50.6 Å². The monoisotopic (exact) mass is 398 g/mol. The zero-order chi connectivity index (χ0) is 20.2. The number of likely N-dealkylation sites (tertiary alicyclic amines) is 2. The molecule has 0 spiro atoms. The lowest BCUT2D eigenvalue weighted by molar-refractivity contribution is -0.139. The molecule has 0 N–H and O–H groups in total. The van der Waals surface area contributed by atoms with Crippen LogP contribution in [0.2, 0.25) is 12.1 Å². The van der Waals surface area contributed by atoms with Crippen molar-refractivity contribution in [2.75, 3.05) is 28.3 Å². The van der Waals surface area contributed by atoms with E-state index in [1.54, 1.807) is 14.2 Å². The number of carbonyl (C=O) groups is 4. The van der Waals surface area contributed by atoms with E-state index < -0.39 is 8.56 Å². The summed E-state index contributed by atoms with van der Waals surface area (Å²) in [6, 6.07) is 1.47. The molecule has 152 valence electrons. The van der Waals surface area contributed by atoms with Crippen LogP contribution in [0.3, 0.4) is 0 Å². The first kappa shape index (κ1) is 21.7. The molecule has 2 unspecified atom stereocenters. The SMILES string of the molecule is CO[Si](CCCC1CC(=O)N(C)C1=O)(CCCC1CC(=O)N(C)C1=O)OC. The summed E-state index contributed by atoms with van der Waals surface area (Å²) in [5, 5.41) is 0. The van der Waals surface area contributed by atoms with Gasteiger partial charge in [0.05, 0.1) is 0 Å². The lowest BCUT2D eigenvalue weighted by atomic mass is 10.0. The van der Waals surface area contributed by atoms with Crippen molar-refractivity contribution in [1.82, 2.24) is 9.80 Å². The zero-order valence-corrected chi connectivity index (χ0v) is 17.7. The fraction of sp³-hybridized carbons (Fsp3) is 0.778. The Hall–Kier alpha value is -1.58. The molecule has 2 aliphatic heterocycles. The molecule has 2 saturated heterocycles. The summed E-state index contributed by atoms with van der Waals surface area (Å²) < 4.78 is 11.5. The van der Waals surface area contributed by atoms with Gasteiger partial charge in [-0.05, 0) is 24.9 Å². The molecule has 0 saturated carbocycles. The van der Waals surface area contributed by atoms with Crippen LogP contribution in [0.25, 0.3) is 0 Å². The van der Waals surface area contributed by atoms with E-state index in [0.717, 1.165) is 24.9 Å². The van der Waals surface area contributed by atoms with E-state index in [1.165, 1.54) is 23.9 Å². The first-order valence-electron chi connectivity index (χ1n) is 9.45. The molecule has 27 heavy (non-hydrogen) atoms. The van der Waals surface area contributed by atoms with Crippen LogP contribution in [0.5, 0.6) is 0 Å². The van der Waals surface area contributed by atoms with Crippen LogP contribution in [0.15, 0.2) is 0 Å². The van der Waals surface area contributed by atoms with Crippen LogP contribution >= 0.6 is 0 Å². The zero-order valence-electron chi connectivity index (χ0n) is 16.7. The maximum Gasteiger partial charge on any atom is 0.337 e. The number of hydrogen-bond acceptors (Lipinski definition) is 6. The maximum absolute atomic E-state index is 12.0. The highest BCUT2D eigenvalue weighted by atomic mass is 28.4. The molecule has 8 nitrogen and oxygen atoms in total. The van der Waals surface area contributed by atoms with Crippen molar-refractivity contribution in [2.24, 2.45) is 11.8 Å². The van der Waals surface area contributed by atoms with Gasteiger partial charge in [-0.3, -0.25) is 29.0 Å². The van der Waals surface area contributed by atoms with Crippen LogP contribution in [-0.2, 0) is 28.0 Å². The molecule has 2 rings (SSSR count). The Bertz CT molecular complexity index is 559. The molecule has 2 aliphatic rings. The summed E-state index contributed by atoms with van der Waals surface area (Å²) in [6.07, 6.45) is 3.39. The van der Waals surface area contributed by atoms with Gasteiger partial charge in [0.25, 0.3) is 0 Å². The maximum atomic E-state index is 12.0. The highest BCUT2D eigenvalue weighted by molar-refractivity contribution is 6.67. The summed E-state index contributed by atoms with van der Waals surface area (Å²) >= 11 is 0. The Balaban J connectivity index is 1.80. The number of carbonyl (C=O) groups excluding carboxylic acids is 4. The van der Waals surface area contributed by atoms with E-state index in [4.69, 9.17) is 8.85 Å². The van der Waals surface area contributed by atoms with E-state index in [9.17, 15) is 19.2 Å². The fourth-order valence-electron chi connectivity index (χ4n) is 3.97. The van der Waals surface area contributed by atoms with Crippen molar-refractivity contribution in [3.63, 3.8) is 0 Å². The predicted octanol–water partition coefficient (Wildman–Crippen LogP) is 1.29. The first-order chi connectivity index (χ1) is 12.7. The van der Waals surface area contributed by atoms with Gasteiger partial charge in [0.15, 0.2) is 0 Å². The Labute approximate surface area is 161 Å². The molecule has 0 aromatic carbocycles. The molecule has 0 bridgehead atoms. The molecular weight excluding hydrogens is 368 g/mol. The fourth-order valence-corrected chi connectivity index (χ4v) is 6.69. The van der Waals surface area contributed by atoms with Crippen LogP contribution in [-0.4, -0.2) is 70.3 Å². The van der Waals surface area contributed by atoms with Gasteiger partial charge < -0.3 is 8.85 Å². The van der Waals surface area contributed by atoms with Gasteiger partial charge in [-0.15, -0.1) is 0 Å². The molecule has 0 radical (unpaired) electrons. The van der Waals surface area contributed by atoms with Crippen molar-refractivity contribution in [3.05, 3.63) is 0 Å². The summed E-state index contributed by atoms with van der Waals surface area (Å²) in [6.45, 7) is 0. The van der Waals surface area contributed by atoms with Gasteiger partial charge in [-0.2, -0.15) is 0 Å². The van der Waals surface area contributed by atoms with Crippen molar-refractivity contribution in [3.8, 4) is 0 Å². The number of hydrogen-bond donors (Lipinski definition) is 0. The second-order valence-electron chi connectivity index (χ2n) is 7.49. The Morgan fingerprint density at radius 3 is 1.44 bits per heavy atom. The average Bonchev–Trinajstić information content (AvgIpc) is 3.05. The highest BCUT2D eigenvalue weighted by Crippen LogP contribution is 2.30. The molecule has 2 atom stereocenters. The standard InChI is InChI=1S/C18H30N2O6Si/c1-19-15(21)11-13(17(19)23)7-5-9-27(25-3,26-4)10-6-8-14-12-16(22)20(2)18(14)24/h13-14H,5-12H2,1-4H3. The minimum atomic E-state index is -2.42. The molecule has 0 aromatic heterocycles. The van der Waals surface area contributed by atoms with Crippen LogP contribution in [0.1, 0.15) is 38.5 Å². The summed E-state index contributed by atoms with van der Waals surface area (Å²) in [7, 11) is 3.93. The number of imide groups is 2. The van der Waals surface area contributed by atoms with Crippen molar-refractivity contribution in [1.29, 1.82) is 0 Å². The van der Waals surface area contributed by atoms with Crippen LogP contribution in [0, 0.1) is 11.8 Å². The van der Waals surface area contributed by atoms with E-state index >= 15 is 0 Å². The normalized spacial score (nSPS) is 23.9. The van der Waals surface area contributed by atoms with Crippen LogP contribution in [0.4, 0.5) is 0 Å². The molecule has 0 aliphatic carbocycles.